The minimum atomic E-state index is -0.812. The third-order valence-electron chi connectivity index (χ3n) is 2.71. The van der Waals surface area contributed by atoms with Gasteiger partial charge in [-0.25, -0.2) is 0 Å². The van der Waals surface area contributed by atoms with Gasteiger partial charge in [0, 0.05) is 11.8 Å². The molecule has 1 fully saturated rings. The minimum absolute atomic E-state index is 0.158. The number of aliphatic hydroxyl groups is 1. The van der Waals surface area contributed by atoms with Crippen molar-refractivity contribution in [3.8, 4) is 0 Å². The number of hydrogen-bond donors (Lipinski definition) is 1. The fraction of sp³-hybridized carbons (Fsp3) is 1.00. The molecular weight excluding hydrogens is 158 g/mol. The third kappa shape index (κ3) is 1.94. The van der Waals surface area contributed by atoms with Crippen molar-refractivity contribution in [1.82, 2.24) is 0 Å². The largest absolute Gasteiger partial charge is 0.386 e. The molecular formula is C8H15NO3. The quantitative estimate of drug-likeness (QED) is 0.515. The highest BCUT2D eigenvalue weighted by molar-refractivity contribution is 4.77. The number of aliphatic hydroxyl groups excluding tert-OH is 1. The van der Waals surface area contributed by atoms with Gasteiger partial charge in [-0.3, -0.25) is 10.1 Å². The fourth-order valence-electron chi connectivity index (χ4n) is 1.82. The van der Waals surface area contributed by atoms with E-state index in [9.17, 15) is 15.2 Å². The Morgan fingerprint density at radius 3 is 2.42 bits per heavy atom. The van der Waals surface area contributed by atoms with Gasteiger partial charge in [0.05, 0.1) is 0 Å². The Hall–Kier alpha value is -0.640. The van der Waals surface area contributed by atoms with Gasteiger partial charge >= 0.3 is 0 Å². The molecule has 0 bridgehead atoms. The van der Waals surface area contributed by atoms with Crippen molar-refractivity contribution in [3.05, 3.63) is 10.1 Å². The maximum atomic E-state index is 10.3. The van der Waals surface area contributed by atoms with Crippen molar-refractivity contribution in [2.45, 2.75) is 44.8 Å². The standard InChI is InChI=1S/C8H15NO3/c1-6(9(11)12)8(10)7-4-2-3-5-7/h6-8,10H,2-5H2,1H3/t6-,8+/m1/s1. The molecule has 0 unspecified atom stereocenters. The molecule has 4 nitrogen and oxygen atoms in total. The third-order valence-corrected chi connectivity index (χ3v) is 2.71. The molecule has 1 aliphatic rings. The van der Waals surface area contributed by atoms with E-state index in [-0.39, 0.29) is 5.92 Å². The van der Waals surface area contributed by atoms with E-state index < -0.39 is 17.1 Å². The average molecular weight is 173 g/mol. The van der Waals surface area contributed by atoms with Gasteiger partial charge in [0.15, 0.2) is 0 Å². The molecule has 70 valence electrons. The lowest BCUT2D eigenvalue weighted by Gasteiger charge is -2.18. The van der Waals surface area contributed by atoms with Gasteiger partial charge in [0.25, 0.3) is 0 Å². The molecule has 1 rings (SSSR count). The fourth-order valence-corrected chi connectivity index (χ4v) is 1.82. The first-order chi connectivity index (χ1) is 5.63. The van der Waals surface area contributed by atoms with E-state index in [0.29, 0.717) is 0 Å². The van der Waals surface area contributed by atoms with Gasteiger partial charge in [-0.2, -0.15) is 0 Å². The van der Waals surface area contributed by atoms with Gasteiger partial charge in [-0.1, -0.05) is 12.8 Å². The number of rotatable bonds is 3. The van der Waals surface area contributed by atoms with Crippen LogP contribution in [0.3, 0.4) is 0 Å². The summed E-state index contributed by atoms with van der Waals surface area (Å²) in [6.45, 7) is 1.48. The normalized spacial score (nSPS) is 23.8. The van der Waals surface area contributed by atoms with Crippen molar-refractivity contribution in [2.24, 2.45) is 5.92 Å². The highest BCUT2D eigenvalue weighted by Crippen LogP contribution is 2.29. The summed E-state index contributed by atoms with van der Waals surface area (Å²) in [6, 6.07) is -0.812. The molecule has 1 aliphatic carbocycles. The summed E-state index contributed by atoms with van der Waals surface area (Å²) < 4.78 is 0. The molecule has 12 heavy (non-hydrogen) atoms. The molecule has 0 aliphatic heterocycles. The first-order valence-corrected chi connectivity index (χ1v) is 4.44. The van der Waals surface area contributed by atoms with Gasteiger partial charge in [-0.05, 0) is 18.8 Å². The molecule has 1 saturated carbocycles. The van der Waals surface area contributed by atoms with Gasteiger partial charge < -0.3 is 5.11 Å². The van der Waals surface area contributed by atoms with Gasteiger partial charge in [0.1, 0.15) is 6.10 Å². The second-order valence-electron chi connectivity index (χ2n) is 3.56. The van der Waals surface area contributed by atoms with Crippen LogP contribution < -0.4 is 0 Å². The molecule has 0 spiro atoms. The van der Waals surface area contributed by atoms with E-state index >= 15 is 0 Å². The second-order valence-corrected chi connectivity index (χ2v) is 3.56. The SMILES string of the molecule is C[C@H]([C@H](O)C1CCCC1)[N+](=O)[O-]. The van der Waals surface area contributed by atoms with Gasteiger partial charge in [0.2, 0.25) is 6.04 Å². The van der Waals surface area contributed by atoms with Crippen molar-refractivity contribution in [1.29, 1.82) is 0 Å². The van der Waals surface area contributed by atoms with Crippen LogP contribution in [0.5, 0.6) is 0 Å². The predicted molar refractivity (Wildman–Crippen MR) is 44.4 cm³/mol. The molecule has 0 aromatic heterocycles. The number of nitro groups is 1. The average Bonchev–Trinajstić information content (AvgIpc) is 2.53. The zero-order valence-corrected chi connectivity index (χ0v) is 7.27. The number of nitrogens with zero attached hydrogens (tertiary/aromatic N) is 1. The Bertz CT molecular complexity index is 166. The zero-order chi connectivity index (χ0) is 9.14. The summed E-state index contributed by atoms with van der Waals surface area (Å²) >= 11 is 0. The first-order valence-electron chi connectivity index (χ1n) is 4.44. The predicted octanol–water partition coefficient (Wildman–Crippen LogP) is 1.20. The molecule has 0 heterocycles. The summed E-state index contributed by atoms with van der Waals surface area (Å²) in [5.41, 5.74) is 0. The van der Waals surface area contributed by atoms with Crippen molar-refractivity contribution in [2.75, 3.05) is 0 Å². The highest BCUT2D eigenvalue weighted by atomic mass is 16.6. The Morgan fingerprint density at radius 1 is 1.50 bits per heavy atom. The summed E-state index contributed by atoms with van der Waals surface area (Å²) in [6.07, 6.45) is 3.35. The minimum Gasteiger partial charge on any atom is -0.386 e. The van der Waals surface area contributed by atoms with Crippen LogP contribution >= 0.6 is 0 Å². The Morgan fingerprint density at radius 2 is 2.00 bits per heavy atom. The summed E-state index contributed by atoms with van der Waals surface area (Å²) in [7, 11) is 0. The lowest BCUT2D eigenvalue weighted by atomic mass is 9.96. The maximum absolute atomic E-state index is 10.3. The number of hydrogen-bond acceptors (Lipinski definition) is 3. The lowest BCUT2D eigenvalue weighted by molar-refractivity contribution is -0.531. The van der Waals surface area contributed by atoms with E-state index in [1.54, 1.807) is 0 Å². The van der Waals surface area contributed by atoms with Crippen molar-refractivity contribution >= 4 is 0 Å². The van der Waals surface area contributed by atoms with E-state index in [4.69, 9.17) is 0 Å². The molecule has 0 amide bonds. The Kier molecular flexibility index (Phi) is 3.03. The van der Waals surface area contributed by atoms with E-state index in [1.807, 2.05) is 0 Å². The second kappa shape index (κ2) is 3.85. The zero-order valence-electron chi connectivity index (χ0n) is 7.27. The molecule has 4 heteroatoms. The lowest BCUT2D eigenvalue weighted by Crippen LogP contribution is -2.35. The van der Waals surface area contributed by atoms with Crippen molar-refractivity contribution < 1.29 is 10.0 Å². The Labute approximate surface area is 71.7 Å². The summed E-state index contributed by atoms with van der Waals surface area (Å²) in [4.78, 5) is 9.94. The first kappa shape index (κ1) is 9.45. The van der Waals surface area contributed by atoms with E-state index in [2.05, 4.69) is 0 Å². The molecule has 0 aromatic rings. The van der Waals surface area contributed by atoms with Crippen LogP contribution in [-0.4, -0.2) is 22.2 Å². The molecule has 0 saturated heterocycles. The van der Waals surface area contributed by atoms with Crippen LogP contribution in [0.15, 0.2) is 0 Å². The van der Waals surface area contributed by atoms with Crippen LogP contribution in [0.1, 0.15) is 32.6 Å². The molecule has 2 atom stereocenters. The van der Waals surface area contributed by atoms with Crippen molar-refractivity contribution in [3.63, 3.8) is 0 Å². The smallest absolute Gasteiger partial charge is 0.236 e. The van der Waals surface area contributed by atoms with E-state index in [0.717, 1.165) is 25.7 Å². The summed E-state index contributed by atoms with van der Waals surface area (Å²) in [5, 5.41) is 19.9. The van der Waals surface area contributed by atoms with E-state index in [1.165, 1.54) is 6.92 Å². The molecule has 1 N–H and O–H groups in total. The Balaban J connectivity index is 2.44. The monoisotopic (exact) mass is 173 g/mol. The van der Waals surface area contributed by atoms with Crippen LogP contribution in [-0.2, 0) is 0 Å². The van der Waals surface area contributed by atoms with Gasteiger partial charge in [-0.15, -0.1) is 0 Å². The topological polar surface area (TPSA) is 63.4 Å². The van der Waals surface area contributed by atoms with Crippen LogP contribution in [0.4, 0.5) is 0 Å². The van der Waals surface area contributed by atoms with Crippen LogP contribution in [0.2, 0.25) is 0 Å². The molecule has 0 aromatic carbocycles. The molecule has 0 radical (unpaired) electrons. The van der Waals surface area contributed by atoms with Crippen LogP contribution in [0, 0.1) is 16.0 Å². The highest BCUT2D eigenvalue weighted by Gasteiger charge is 2.33. The maximum Gasteiger partial charge on any atom is 0.236 e. The summed E-state index contributed by atoms with van der Waals surface area (Å²) in [5.74, 6) is 0.158. The van der Waals surface area contributed by atoms with Crippen LogP contribution in [0.25, 0.3) is 0 Å².